The largest absolute Gasteiger partial charge is 0.475 e. The number of carbonyl (C=O) groups excluding carboxylic acids is 1. The van der Waals surface area contributed by atoms with E-state index >= 15 is 0 Å². The molecule has 1 amide bonds. The monoisotopic (exact) mass is 457 g/mol. The molecular formula is C22H31N7O2S. The second kappa shape index (κ2) is 11.0. The first kappa shape index (κ1) is 22.8. The topological polar surface area (TPSA) is 109 Å². The molecule has 1 aromatic carbocycles. The Kier molecular flexibility index (Phi) is 7.80. The van der Waals surface area contributed by atoms with Gasteiger partial charge in [0.15, 0.2) is 0 Å². The zero-order valence-corrected chi connectivity index (χ0v) is 19.2. The second-order valence-electron chi connectivity index (χ2n) is 8.12. The molecule has 2 saturated heterocycles. The van der Waals surface area contributed by atoms with E-state index in [1.54, 1.807) is 0 Å². The Hall–Kier alpha value is -2.40. The molecule has 0 saturated carbocycles. The number of piperazine rings is 1. The van der Waals surface area contributed by atoms with Crippen molar-refractivity contribution in [2.75, 3.05) is 63.1 Å². The summed E-state index contributed by atoms with van der Waals surface area (Å²) in [5.41, 5.74) is 6.11. The molecule has 0 spiro atoms. The number of rotatable bonds is 8. The summed E-state index contributed by atoms with van der Waals surface area (Å²) < 4.78 is 6.20. The molecule has 2 aliphatic heterocycles. The van der Waals surface area contributed by atoms with Gasteiger partial charge in [0.25, 0.3) is 0 Å². The van der Waals surface area contributed by atoms with Crippen molar-refractivity contribution in [3.8, 4) is 5.88 Å². The molecular weight excluding hydrogens is 426 g/mol. The molecule has 2 aromatic rings. The van der Waals surface area contributed by atoms with Crippen LogP contribution < -0.4 is 26.0 Å². The van der Waals surface area contributed by atoms with Crippen LogP contribution in [0.25, 0.3) is 0 Å². The maximum atomic E-state index is 11.6. The fourth-order valence-electron chi connectivity index (χ4n) is 3.73. The summed E-state index contributed by atoms with van der Waals surface area (Å²) in [5.74, 6) is 1.09. The molecule has 172 valence electrons. The van der Waals surface area contributed by atoms with Gasteiger partial charge in [-0.3, -0.25) is 4.79 Å². The number of nitrogens with two attached hydrogens (primary N) is 1. The third-order valence-electron chi connectivity index (χ3n) is 5.61. The number of nitrogens with one attached hydrogen (secondary N) is 2. The van der Waals surface area contributed by atoms with E-state index in [2.05, 4.69) is 32.5 Å². The first-order valence-corrected chi connectivity index (χ1v) is 11.9. The maximum Gasteiger partial charge on any atom is 0.238 e. The van der Waals surface area contributed by atoms with Crippen LogP contribution in [0.5, 0.6) is 5.88 Å². The minimum absolute atomic E-state index is 0.0495. The van der Waals surface area contributed by atoms with Gasteiger partial charge in [-0.05, 0) is 44.6 Å². The third-order valence-corrected chi connectivity index (χ3v) is 6.60. The minimum atomic E-state index is -0.222. The Morgan fingerprint density at radius 2 is 2.19 bits per heavy atom. The van der Waals surface area contributed by atoms with Gasteiger partial charge < -0.3 is 30.9 Å². The van der Waals surface area contributed by atoms with Crippen LogP contribution in [-0.2, 0) is 4.79 Å². The molecule has 32 heavy (non-hydrogen) atoms. The van der Waals surface area contributed by atoms with E-state index in [0.29, 0.717) is 30.2 Å². The highest BCUT2D eigenvalue weighted by molar-refractivity contribution is 7.99. The lowest BCUT2D eigenvalue weighted by Crippen LogP contribution is -2.45. The molecule has 0 radical (unpaired) electrons. The number of likely N-dealkylation sites (N-methyl/N-ethyl adjacent to an activating group) is 1. The van der Waals surface area contributed by atoms with Crippen LogP contribution in [0.3, 0.4) is 0 Å². The Morgan fingerprint density at radius 1 is 1.34 bits per heavy atom. The third kappa shape index (κ3) is 6.10. The summed E-state index contributed by atoms with van der Waals surface area (Å²) in [6.45, 7) is 5.34. The van der Waals surface area contributed by atoms with E-state index in [1.807, 2.05) is 30.5 Å². The summed E-state index contributed by atoms with van der Waals surface area (Å²) in [4.78, 5) is 27.4. The summed E-state index contributed by atoms with van der Waals surface area (Å²) in [5, 5.41) is 6.26. The molecule has 3 heterocycles. The van der Waals surface area contributed by atoms with E-state index in [-0.39, 0.29) is 12.5 Å². The highest BCUT2D eigenvalue weighted by Crippen LogP contribution is 2.35. The Labute approximate surface area is 193 Å². The normalized spacial score (nSPS) is 19.2. The number of carbonyl (C=O) groups is 1. The predicted molar refractivity (Wildman–Crippen MR) is 127 cm³/mol. The minimum Gasteiger partial charge on any atom is -0.475 e. The first-order chi connectivity index (χ1) is 15.6. The van der Waals surface area contributed by atoms with Crippen LogP contribution in [0.2, 0.25) is 0 Å². The summed E-state index contributed by atoms with van der Waals surface area (Å²) >= 11 is 1.52. The molecule has 4 rings (SSSR count). The molecule has 1 atom stereocenters. The van der Waals surface area contributed by atoms with Gasteiger partial charge in [0, 0.05) is 42.8 Å². The van der Waals surface area contributed by atoms with Crippen LogP contribution in [0.4, 0.5) is 11.6 Å². The van der Waals surface area contributed by atoms with Gasteiger partial charge in [0.05, 0.1) is 17.6 Å². The van der Waals surface area contributed by atoms with Crippen molar-refractivity contribution < 1.29 is 9.53 Å². The Bertz CT molecular complexity index is 915. The van der Waals surface area contributed by atoms with Crippen LogP contribution in [0, 0.1) is 0 Å². The van der Waals surface area contributed by atoms with Crippen molar-refractivity contribution in [1.82, 2.24) is 20.2 Å². The van der Waals surface area contributed by atoms with Crippen LogP contribution >= 0.6 is 11.8 Å². The number of nitrogens with zero attached hydrogens (tertiary/aromatic N) is 4. The van der Waals surface area contributed by atoms with Gasteiger partial charge in [0.2, 0.25) is 17.7 Å². The molecule has 0 aliphatic carbocycles. The van der Waals surface area contributed by atoms with Crippen LogP contribution in [0.15, 0.2) is 40.3 Å². The first-order valence-electron chi connectivity index (χ1n) is 11.1. The standard InChI is InChI=1S/C22H31N7O2S/c1-28-8-10-29(11-9-28)22-25-14-19(21(27-22)31-15-17-5-3-7-24-17)32-18-6-2-4-16(12-18)26-20(30)13-23/h2,4,6,12,14,17,24H,3,5,7-11,13,15,23H2,1H3,(H,26,30). The lowest BCUT2D eigenvalue weighted by molar-refractivity contribution is -0.114. The number of ether oxygens (including phenoxy) is 1. The zero-order valence-electron chi connectivity index (χ0n) is 18.4. The van der Waals surface area contributed by atoms with Crippen molar-refractivity contribution in [3.05, 3.63) is 30.5 Å². The van der Waals surface area contributed by atoms with Gasteiger partial charge in [-0.2, -0.15) is 4.98 Å². The smallest absolute Gasteiger partial charge is 0.238 e. The highest BCUT2D eigenvalue weighted by atomic mass is 32.2. The van der Waals surface area contributed by atoms with Crippen LogP contribution in [-0.4, -0.2) is 79.7 Å². The molecule has 9 nitrogen and oxygen atoms in total. The van der Waals surface area contributed by atoms with Gasteiger partial charge in [-0.25, -0.2) is 4.98 Å². The number of aromatic nitrogens is 2. The van der Waals surface area contributed by atoms with Crippen molar-refractivity contribution in [1.29, 1.82) is 0 Å². The average molecular weight is 458 g/mol. The number of amides is 1. The van der Waals surface area contributed by atoms with E-state index in [9.17, 15) is 4.79 Å². The predicted octanol–water partition coefficient (Wildman–Crippen LogP) is 1.41. The number of benzene rings is 1. The molecule has 1 unspecified atom stereocenters. The Morgan fingerprint density at radius 3 is 2.94 bits per heavy atom. The Balaban J connectivity index is 1.52. The van der Waals surface area contributed by atoms with E-state index in [1.165, 1.54) is 18.2 Å². The number of hydrogen-bond donors (Lipinski definition) is 3. The molecule has 10 heteroatoms. The average Bonchev–Trinajstić information content (AvgIpc) is 3.33. The van der Waals surface area contributed by atoms with Crippen molar-refractivity contribution in [2.24, 2.45) is 5.73 Å². The summed E-state index contributed by atoms with van der Waals surface area (Å²) in [6, 6.07) is 7.99. The number of anilines is 2. The molecule has 0 bridgehead atoms. The summed E-state index contributed by atoms with van der Waals surface area (Å²) in [7, 11) is 2.13. The van der Waals surface area contributed by atoms with Crippen LogP contribution in [0.1, 0.15) is 12.8 Å². The second-order valence-corrected chi connectivity index (χ2v) is 9.23. The van der Waals surface area contributed by atoms with Gasteiger partial charge in [0.1, 0.15) is 6.61 Å². The fraction of sp³-hybridized carbons (Fsp3) is 0.500. The van der Waals surface area contributed by atoms with E-state index in [0.717, 1.165) is 48.9 Å². The molecule has 1 aromatic heterocycles. The SMILES string of the molecule is CN1CCN(c2ncc(Sc3cccc(NC(=O)CN)c3)c(OCC3CCCN3)n2)CC1. The lowest BCUT2D eigenvalue weighted by Gasteiger charge is -2.32. The van der Waals surface area contributed by atoms with Gasteiger partial charge >= 0.3 is 0 Å². The maximum absolute atomic E-state index is 11.6. The lowest BCUT2D eigenvalue weighted by atomic mass is 10.2. The molecule has 4 N–H and O–H groups in total. The summed E-state index contributed by atoms with van der Waals surface area (Å²) in [6.07, 6.45) is 4.13. The van der Waals surface area contributed by atoms with Crippen molar-refractivity contribution >= 4 is 29.3 Å². The highest BCUT2D eigenvalue weighted by Gasteiger charge is 2.21. The molecule has 2 fully saturated rings. The fourth-order valence-corrected chi connectivity index (χ4v) is 4.62. The quantitative estimate of drug-likeness (QED) is 0.542. The van der Waals surface area contributed by atoms with Gasteiger partial charge in [-0.15, -0.1) is 0 Å². The van der Waals surface area contributed by atoms with E-state index in [4.69, 9.17) is 15.5 Å². The van der Waals surface area contributed by atoms with Gasteiger partial charge in [-0.1, -0.05) is 17.8 Å². The van der Waals surface area contributed by atoms with Crippen molar-refractivity contribution in [3.63, 3.8) is 0 Å². The van der Waals surface area contributed by atoms with Crippen molar-refractivity contribution in [2.45, 2.75) is 28.7 Å². The zero-order chi connectivity index (χ0) is 22.3. The van der Waals surface area contributed by atoms with E-state index < -0.39 is 0 Å². The number of hydrogen-bond acceptors (Lipinski definition) is 9. The molecule has 2 aliphatic rings.